The second-order valence-corrected chi connectivity index (χ2v) is 3.00. The Morgan fingerprint density at radius 3 is 1.88 bits per heavy atom. The van der Waals surface area contributed by atoms with Crippen LogP contribution in [0.4, 0.5) is 4.79 Å². The highest BCUT2D eigenvalue weighted by atomic mass is 31.0. The molecular formula is C5H11O2P. The Kier molecular flexibility index (Phi) is 2.42. The molecule has 0 rings (SSSR count). The molecule has 0 aliphatic carbocycles. The van der Waals surface area contributed by atoms with Gasteiger partial charge >= 0.3 is 5.71 Å². The lowest BCUT2D eigenvalue weighted by atomic mass is 10.2. The highest BCUT2D eigenvalue weighted by Gasteiger charge is 2.11. The molecule has 0 N–H and O–H groups in total. The maximum Gasteiger partial charge on any atom is 0.320 e. The Morgan fingerprint density at radius 2 is 1.88 bits per heavy atom. The third-order valence-electron chi connectivity index (χ3n) is 0.407. The van der Waals surface area contributed by atoms with Gasteiger partial charge < -0.3 is 4.74 Å². The lowest BCUT2D eigenvalue weighted by Crippen LogP contribution is -2.19. The predicted octanol–water partition coefficient (Wildman–Crippen LogP) is 1.80. The van der Waals surface area contributed by atoms with Crippen LogP contribution in [0, 0.1) is 0 Å². The zero-order valence-electron chi connectivity index (χ0n) is 5.39. The average molecular weight is 134 g/mol. The van der Waals surface area contributed by atoms with Gasteiger partial charge in [-0.05, 0) is 30.0 Å². The number of carbonyl (C=O) groups excluding carboxylic acids is 1. The first kappa shape index (κ1) is 7.90. The zero-order valence-corrected chi connectivity index (χ0v) is 6.55. The topological polar surface area (TPSA) is 26.3 Å². The van der Waals surface area contributed by atoms with Crippen molar-refractivity contribution in [3.8, 4) is 0 Å². The van der Waals surface area contributed by atoms with Crippen molar-refractivity contribution in [2.24, 2.45) is 0 Å². The summed E-state index contributed by atoms with van der Waals surface area (Å²) in [6.45, 7) is 5.48. The van der Waals surface area contributed by atoms with E-state index in [0.717, 1.165) is 0 Å². The van der Waals surface area contributed by atoms with E-state index >= 15 is 0 Å². The summed E-state index contributed by atoms with van der Waals surface area (Å²) in [5.74, 6) is 0. The molecule has 0 bridgehead atoms. The first-order valence-corrected chi connectivity index (χ1v) is 2.98. The maximum atomic E-state index is 10.2. The quantitative estimate of drug-likeness (QED) is 0.472. The Morgan fingerprint density at radius 1 is 1.50 bits per heavy atom. The molecule has 0 aliphatic heterocycles. The lowest BCUT2D eigenvalue weighted by Gasteiger charge is -2.17. The van der Waals surface area contributed by atoms with Gasteiger partial charge in [0.05, 0.1) is 0 Å². The van der Waals surface area contributed by atoms with E-state index in [2.05, 4.69) is 0 Å². The van der Waals surface area contributed by atoms with Gasteiger partial charge in [0.15, 0.2) is 0 Å². The van der Waals surface area contributed by atoms with E-state index in [-0.39, 0.29) is 11.3 Å². The van der Waals surface area contributed by atoms with Crippen LogP contribution in [0.3, 0.4) is 0 Å². The lowest BCUT2D eigenvalue weighted by molar-refractivity contribution is 0.0736. The summed E-state index contributed by atoms with van der Waals surface area (Å²) in [4.78, 5) is 10.2. The molecule has 0 saturated carbocycles. The average Bonchev–Trinajstić information content (AvgIpc) is 1.21. The molecule has 0 aromatic carbocycles. The van der Waals surface area contributed by atoms with Crippen molar-refractivity contribution in [3.05, 3.63) is 0 Å². The van der Waals surface area contributed by atoms with Crippen molar-refractivity contribution < 1.29 is 9.53 Å². The molecule has 0 radical (unpaired) electrons. The fourth-order valence-corrected chi connectivity index (χ4v) is 0.655. The van der Waals surface area contributed by atoms with E-state index in [1.165, 1.54) is 0 Å². The summed E-state index contributed by atoms with van der Waals surface area (Å²) in [6.07, 6.45) is 0. The highest BCUT2D eigenvalue weighted by molar-refractivity contribution is 7.39. The molecule has 0 fully saturated rings. The van der Waals surface area contributed by atoms with Gasteiger partial charge in [-0.1, -0.05) is 0 Å². The molecule has 3 heteroatoms. The molecule has 1 unspecified atom stereocenters. The molecule has 0 amide bonds. The molecule has 48 valence electrons. The fourth-order valence-electron chi connectivity index (χ4n) is 0.302. The van der Waals surface area contributed by atoms with Crippen LogP contribution in [0.2, 0.25) is 0 Å². The maximum absolute atomic E-state index is 10.2. The van der Waals surface area contributed by atoms with Gasteiger partial charge in [0.2, 0.25) is 0 Å². The number of hydrogen-bond acceptors (Lipinski definition) is 2. The van der Waals surface area contributed by atoms with Gasteiger partial charge in [0.25, 0.3) is 0 Å². The second-order valence-electron chi connectivity index (χ2n) is 2.53. The van der Waals surface area contributed by atoms with Crippen molar-refractivity contribution in [3.63, 3.8) is 0 Å². The summed E-state index contributed by atoms with van der Waals surface area (Å²) >= 11 is 0. The number of carbonyl (C=O) groups is 1. The van der Waals surface area contributed by atoms with E-state index in [0.29, 0.717) is 0 Å². The van der Waals surface area contributed by atoms with Crippen LogP contribution >= 0.6 is 9.24 Å². The van der Waals surface area contributed by atoms with E-state index in [9.17, 15) is 4.79 Å². The van der Waals surface area contributed by atoms with Gasteiger partial charge in [-0.2, -0.15) is 0 Å². The largest absolute Gasteiger partial charge is 0.457 e. The van der Waals surface area contributed by atoms with Crippen LogP contribution in [-0.2, 0) is 4.74 Å². The minimum Gasteiger partial charge on any atom is -0.457 e. The van der Waals surface area contributed by atoms with Crippen molar-refractivity contribution in [1.29, 1.82) is 0 Å². The van der Waals surface area contributed by atoms with Crippen molar-refractivity contribution in [2.75, 3.05) is 0 Å². The summed E-state index contributed by atoms with van der Waals surface area (Å²) < 4.78 is 4.76. The minimum atomic E-state index is -0.348. The van der Waals surface area contributed by atoms with Crippen molar-refractivity contribution in [2.45, 2.75) is 26.4 Å². The number of hydrogen-bond donors (Lipinski definition) is 0. The zero-order chi connectivity index (χ0) is 6.78. The SMILES string of the molecule is CC(C)(C)OC(=O)P. The van der Waals surface area contributed by atoms with E-state index in [1.54, 1.807) is 0 Å². The molecule has 0 spiro atoms. The van der Waals surface area contributed by atoms with Gasteiger partial charge in [0, 0.05) is 0 Å². The van der Waals surface area contributed by atoms with Gasteiger partial charge in [-0.15, -0.1) is 0 Å². The van der Waals surface area contributed by atoms with Crippen LogP contribution in [0.15, 0.2) is 0 Å². The first-order chi connectivity index (χ1) is 3.42. The minimum absolute atomic E-state index is 0.308. The number of rotatable bonds is 0. The molecule has 0 aromatic rings. The third-order valence-corrected chi connectivity index (χ3v) is 0.525. The summed E-state index contributed by atoms with van der Waals surface area (Å²) in [6, 6.07) is 0. The summed E-state index contributed by atoms with van der Waals surface area (Å²) in [5, 5.41) is 0. The van der Waals surface area contributed by atoms with Gasteiger partial charge in [-0.3, -0.25) is 0 Å². The van der Waals surface area contributed by atoms with Gasteiger partial charge in [-0.25, -0.2) is 4.79 Å². The molecule has 2 nitrogen and oxygen atoms in total. The van der Waals surface area contributed by atoms with E-state index < -0.39 is 0 Å². The predicted molar refractivity (Wildman–Crippen MR) is 35.9 cm³/mol. The first-order valence-electron chi connectivity index (χ1n) is 2.40. The van der Waals surface area contributed by atoms with Crippen molar-refractivity contribution >= 4 is 15.0 Å². The van der Waals surface area contributed by atoms with Crippen LogP contribution in [0.1, 0.15) is 20.8 Å². The van der Waals surface area contributed by atoms with Gasteiger partial charge in [0.1, 0.15) is 5.60 Å². The Labute approximate surface area is 51.8 Å². The molecule has 0 aromatic heterocycles. The molecule has 0 aliphatic rings. The van der Waals surface area contributed by atoms with Crippen LogP contribution in [0.5, 0.6) is 0 Å². The molecule has 0 heterocycles. The molecule has 0 saturated heterocycles. The molecule has 1 atom stereocenters. The standard InChI is InChI=1S/C5H11O2P/c1-5(2,3)7-4(6)8/h8H2,1-3H3. The number of ether oxygens (including phenoxy) is 1. The highest BCUT2D eigenvalue weighted by Crippen LogP contribution is 2.09. The third kappa shape index (κ3) is 5.90. The molecule has 8 heavy (non-hydrogen) atoms. The smallest absolute Gasteiger partial charge is 0.320 e. The monoisotopic (exact) mass is 134 g/mol. The second kappa shape index (κ2) is 2.45. The summed E-state index contributed by atoms with van der Waals surface area (Å²) in [7, 11) is 1.96. The van der Waals surface area contributed by atoms with Crippen LogP contribution < -0.4 is 0 Å². The normalized spacial score (nSPS) is 11.0. The summed E-state index contributed by atoms with van der Waals surface area (Å²) in [5.41, 5.74) is -0.656. The Balaban J connectivity index is 3.55. The van der Waals surface area contributed by atoms with Crippen LogP contribution in [0.25, 0.3) is 0 Å². The Hall–Kier alpha value is -0.100. The Bertz CT molecular complexity index is 93.1. The van der Waals surface area contributed by atoms with E-state index in [4.69, 9.17) is 4.74 Å². The van der Waals surface area contributed by atoms with E-state index in [1.807, 2.05) is 30.0 Å². The van der Waals surface area contributed by atoms with Crippen LogP contribution in [-0.4, -0.2) is 11.3 Å². The molecular weight excluding hydrogens is 123 g/mol. The van der Waals surface area contributed by atoms with Crippen molar-refractivity contribution in [1.82, 2.24) is 0 Å². The fraction of sp³-hybridized carbons (Fsp3) is 0.800.